The van der Waals surface area contributed by atoms with Crippen LogP contribution in [0.4, 0.5) is 0 Å². The summed E-state index contributed by atoms with van der Waals surface area (Å²) in [6, 6.07) is 4.96. The van der Waals surface area contributed by atoms with E-state index >= 15 is 0 Å². The Morgan fingerprint density at radius 1 is 1.36 bits per heavy atom. The molecule has 0 heterocycles. The van der Waals surface area contributed by atoms with E-state index in [-0.39, 0.29) is 16.5 Å². The second kappa shape index (κ2) is 4.76. The van der Waals surface area contributed by atoms with Crippen molar-refractivity contribution in [1.29, 1.82) is 0 Å². The lowest BCUT2D eigenvalue weighted by Gasteiger charge is -2.13. The molecule has 1 rings (SSSR count). The molecular formula is C10H12Cl2O2. The van der Waals surface area contributed by atoms with E-state index < -0.39 is 0 Å². The molecule has 0 saturated heterocycles. The summed E-state index contributed by atoms with van der Waals surface area (Å²) >= 11 is 11.9. The maximum absolute atomic E-state index is 9.35. The Balaban J connectivity index is 3.00. The molecule has 0 radical (unpaired) electrons. The van der Waals surface area contributed by atoms with E-state index in [1.807, 2.05) is 6.92 Å². The largest absolute Gasteiger partial charge is 0.504 e. The van der Waals surface area contributed by atoms with Crippen molar-refractivity contribution in [1.82, 2.24) is 0 Å². The van der Waals surface area contributed by atoms with Crippen molar-refractivity contribution >= 4 is 23.2 Å². The van der Waals surface area contributed by atoms with Gasteiger partial charge in [-0.2, -0.15) is 0 Å². The number of halogens is 2. The third-order valence-electron chi connectivity index (χ3n) is 1.93. The molecule has 0 saturated carbocycles. The van der Waals surface area contributed by atoms with Crippen molar-refractivity contribution in [3.8, 4) is 11.5 Å². The van der Waals surface area contributed by atoms with Gasteiger partial charge in [-0.15, -0.1) is 23.2 Å². The van der Waals surface area contributed by atoms with Gasteiger partial charge in [-0.05, 0) is 24.6 Å². The number of benzene rings is 1. The van der Waals surface area contributed by atoms with Crippen LogP contribution in [0.25, 0.3) is 0 Å². The van der Waals surface area contributed by atoms with Gasteiger partial charge in [0.05, 0.1) is 17.9 Å². The van der Waals surface area contributed by atoms with Crippen LogP contribution in [0, 0.1) is 0 Å². The van der Waals surface area contributed by atoms with Crippen molar-refractivity contribution in [2.24, 2.45) is 0 Å². The zero-order valence-corrected chi connectivity index (χ0v) is 9.51. The fourth-order valence-corrected chi connectivity index (χ4v) is 1.41. The van der Waals surface area contributed by atoms with Gasteiger partial charge in [0.1, 0.15) is 0 Å². The summed E-state index contributed by atoms with van der Waals surface area (Å²) in [4.78, 5) is 0. The molecule has 2 unspecified atom stereocenters. The summed E-state index contributed by atoms with van der Waals surface area (Å²) in [5.74, 6) is 0.507. The second-order valence-corrected chi connectivity index (χ2v) is 4.17. The maximum atomic E-state index is 9.35. The summed E-state index contributed by atoms with van der Waals surface area (Å²) < 4.78 is 4.96. The molecule has 0 amide bonds. The first kappa shape index (κ1) is 11.5. The highest BCUT2D eigenvalue weighted by molar-refractivity contribution is 6.29. The molecule has 1 aromatic rings. The molecule has 4 heteroatoms. The van der Waals surface area contributed by atoms with Gasteiger partial charge in [-0.25, -0.2) is 0 Å². The monoisotopic (exact) mass is 234 g/mol. The number of methoxy groups -OCH3 is 1. The Hall–Kier alpha value is -0.600. The Kier molecular flexibility index (Phi) is 3.90. The number of ether oxygens (including phenoxy) is 1. The summed E-state index contributed by atoms with van der Waals surface area (Å²) in [7, 11) is 1.49. The van der Waals surface area contributed by atoms with E-state index in [1.54, 1.807) is 18.2 Å². The van der Waals surface area contributed by atoms with Crippen LogP contribution in [0.5, 0.6) is 11.5 Å². The normalized spacial score (nSPS) is 14.9. The van der Waals surface area contributed by atoms with Gasteiger partial charge in [0, 0.05) is 0 Å². The zero-order valence-electron chi connectivity index (χ0n) is 8.00. The number of alkyl halides is 2. The predicted octanol–water partition coefficient (Wildman–Crippen LogP) is 3.31. The minimum absolute atomic E-state index is 0.0994. The van der Waals surface area contributed by atoms with E-state index in [0.717, 1.165) is 5.56 Å². The quantitative estimate of drug-likeness (QED) is 0.814. The molecule has 0 aliphatic heterocycles. The van der Waals surface area contributed by atoms with Crippen LogP contribution in [-0.2, 0) is 0 Å². The smallest absolute Gasteiger partial charge is 0.160 e. The Bertz CT molecular complexity index is 313. The molecule has 0 bridgehead atoms. The number of phenolic OH excluding ortho intramolecular Hbond substituents is 1. The van der Waals surface area contributed by atoms with Crippen LogP contribution >= 0.6 is 23.2 Å². The van der Waals surface area contributed by atoms with Crippen LogP contribution < -0.4 is 4.74 Å². The number of rotatable bonds is 3. The number of phenols is 1. The Morgan fingerprint density at radius 3 is 2.50 bits per heavy atom. The van der Waals surface area contributed by atoms with Crippen molar-refractivity contribution < 1.29 is 9.84 Å². The molecule has 2 atom stereocenters. The van der Waals surface area contributed by atoms with Crippen molar-refractivity contribution in [2.45, 2.75) is 17.7 Å². The SMILES string of the molecule is COc1cc(C(Cl)C(C)Cl)ccc1O. The molecule has 78 valence electrons. The summed E-state index contributed by atoms with van der Waals surface area (Å²) in [6.07, 6.45) is 0. The fourth-order valence-electron chi connectivity index (χ4n) is 1.13. The van der Waals surface area contributed by atoms with E-state index in [4.69, 9.17) is 27.9 Å². The molecule has 14 heavy (non-hydrogen) atoms. The second-order valence-electron chi connectivity index (χ2n) is 3.01. The van der Waals surface area contributed by atoms with E-state index in [9.17, 15) is 5.11 Å². The van der Waals surface area contributed by atoms with Crippen molar-refractivity contribution in [3.63, 3.8) is 0 Å². The maximum Gasteiger partial charge on any atom is 0.160 e. The molecule has 0 aromatic heterocycles. The summed E-state index contributed by atoms with van der Waals surface area (Å²) in [5.41, 5.74) is 0.837. The highest BCUT2D eigenvalue weighted by Gasteiger charge is 2.15. The third-order valence-corrected chi connectivity index (χ3v) is 2.94. The van der Waals surface area contributed by atoms with Gasteiger partial charge in [-0.1, -0.05) is 6.07 Å². The lowest BCUT2D eigenvalue weighted by molar-refractivity contribution is 0.373. The summed E-state index contributed by atoms with van der Waals surface area (Å²) in [6.45, 7) is 1.82. The molecule has 1 aromatic carbocycles. The van der Waals surface area contributed by atoms with Gasteiger partial charge >= 0.3 is 0 Å². The Morgan fingerprint density at radius 2 is 2.00 bits per heavy atom. The topological polar surface area (TPSA) is 29.5 Å². The van der Waals surface area contributed by atoms with E-state index in [2.05, 4.69) is 0 Å². The van der Waals surface area contributed by atoms with Gasteiger partial charge in [0.15, 0.2) is 11.5 Å². The average Bonchev–Trinajstić information content (AvgIpc) is 2.17. The number of hydrogen-bond donors (Lipinski definition) is 1. The Labute approximate surface area is 93.4 Å². The first-order chi connectivity index (χ1) is 6.56. The zero-order chi connectivity index (χ0) is 10.7. The van der Waals surface area contributed by atoms with Gasteiger partial charge < -0.3 is 9.84 Å². The van der Waals surface area contributed by atoms with Gasteiger partial charge in [-0.3, -0.25) is 0 Å². The predicted molar refractivity (Wildman–Crippen MR) is 58.6 cm³/mol. The molecular weight excluding hydrogens is 223 g/mol. The highest BCUT2D eigenvalue weighted by Crippen LogP contribution is 2.34. The van der Waals surface area contributed by atoms with Crippen LogP contribution in [0.3, 0.4) is 0 Å². The summed E-state index contributed by atoms with van der Waals surface area (Å²) in [5, 5.41) is 8.89. The van der Waals surface area contributed by atoms with E-state index in [0.29, 0.717) is 5.75 Å². The number of hydrogen-bond acceptors (Lipinski definition) is 2. The minimum atomic E-state index is -0.286. The fraction of sp³-hybridized carbons (Fsp3) is 0.400. The molecule has 1 N–H and O–H groups in total. The number of aromatic hydroxyl groups is 1. The lowest BCUT2D eigenvalue weighted by Crippen LogP contribution is -2.02. The minimum Gasteiger partial charge on any atom is -0.504 e. The molecule has 0 aliphatic rings. The molecule has 2 nitrogen and oxygen atoms in total. The van der Waals surface area contributed by atoms with Crippen LogP contribution in [0.15, 0.2) is 18.2 Å². The lowest BCUT2D eigenvalue weighted by atomic mass is 10.1. The van der Waals surface area contributed by atoms with Gasteiger partial charge in [0.25, 0.3) is 0 Å². The third kappa shape index (κ3) is 2.46. The van der Waals surface area contributed by atoms with Gasteiger partial charge in [0.2, 0.25) is 0 Å². The van der Waals surface area contributed by atoms with Crippen molar-refractivity contribution in [2.75, 3.05) is 7.11 Å². The first-order valence-electron chi connectivity index (χ1n) is 4.21. The molecule has 0 aliphatic carbocycles. The van der Waals surface area contributed by atoms with Crippen LogP contribution in [-0.4, -0.2) is 17.6 Å². The van der Waals surface area contributed by atoms with Crippen LogP contribution in [0.2, 0.25) is 0 Å². The first-order valence-corrected chi connectivity index (χ1v) is 5.08. The average molecular weight is 235 g/mol. The van der Waals surface area contributed by atoms with Crippen LogP contribution in [0.1, 0.15) is 17.9 Å². The van der Waals surface area contributed by atoms with E-state index in [1.165, 1.54) is 7.11 Å². The molecule has 0 spiro atoms. The highest BCUT2D eigenvalue weighted by atomic mass is 35.5. The molecule has 0 fully saturated rings. The van der Waals surface area contributed by atoms with Crippen molar-refractivity contribution in [3.05, 3.63) is 23.8 Å². The standard InChI is InChI=1S/C10H12Cl2O2/c1-6(11)10(12)7-3-4-8(13)9(5-7)14-2/h3-6,10,13H,1-2H3.